The van der Waals surface area contributed by atoms with Crippen LogP contribution in [0.4, 0.5) is 0 Å². The van der Waals surface area contributed by atoms with Crippen LogP contribution in [0.1, 0.15) is 44.8 Å². The Hall–Kier alpha value is -2.02. The fourth-order valence-corrected chi connectivity index (χ4v) is 3.38. The highest BCUT2D eigenvalue weighted by Gasteiger charge is 2.33. The van der Waals surface area contributed by atoms with Gasteiger partial charge in [0.2, 0.25) is 5.91 Å². The molecule has 0 unspecified atom stereocenters. The number of amides is 1. The molecule has 0 bridgehead atoms. The van der Waals surface area contributed by atoms with Crippen LogP contribution in [-0.4, -0.2) is 45.2 Å². The van der Waals surface area contributed by atoms with E-state index in [-0.39, 0.29) is 17.9 Å². The molecule has 0 radical (unpaired) electrons. The summed E-state index contributed by atoms with van der Waals surface area (Å²) in [6, 6.07) is 3.63. The Balaban J connectivity index is 1.81. The molecule has 1 fully saturated rings. The maximum Gasteiger partial charge on any atom is 0.242 e. The first-order valence-electron chi connectivity index (χ1n) is 9.48. The number of rotatable bonds is 10. The van der Waals surface area contributed by atoms with Gasteiger partial charge in [0.25, 0.3) is 0 Å². The number of furan rings is 1. The van der Waals surface area contributed by atoms with Crippen molar-refractivity contribution in [2.24, 2.45) is 10.4 Å². The lowest BCUT2D eigenvalue weighted by molar-refractivity contribution is -0.119. The summed E-state index contributed by atoms with van der Waals surface area (Å²) in [5.41, 5.74) is 0.272. The largest absolute Gasteiger partial charge is 0.467 e. The first-order chi connectivity index (χ1) is 12.7. The maximum absolute atomic E-state index is 12.0. The molecule has 0 saturated heterocycles. The van der Waals surface area contributed by atoms with Crippen LogP contribution in [0.15, 0.2) is 27.8 Å². The fraction of sp³-hybridized carbons (Fsp3) is 0.684. The molecule has 1 aromatic heterocycles. The summed E-state index contributed by atoms with van der Waals surface area (Å²) in [6.45, 7) is 4.88. The second-order valence-electron chi connectivity index (χ2n) is 6.85. The molecule has 1 aliphatic rings. The number of nitrogens with zero attached hydrogens (tertiary/aromatic N) is 1. The molecule has 0 aliphatic heterocycles. The van der Waals surface area contributed by atoms with E-state index in [2.05, 4.69) is 20.9 Å². The van der Waals surface area contributed by atoms with Gasteiger partial charge in [0.05, 0.1) is 12.8 Å². The minimum Gasteiger partial charge on any atom is -0.467 e. The zero-order valence-electron chi connectivity index (χ0n) is 16.0. The van der Waals surface area contributed by atoms with Crippen LogP contribution >= 0.6 is 0 Å². The molecule has 2 rings (SSSR count). The molecule has 146 valence electrons. The number of hydrogen-bond donors (Lipinski definition) is 3. The Labute approximate surface area is 156 Å². The molecule has 7 nitrogen and oxygen atoms in total. The molecule has 0 aromatic carbocycles. The van der Waals surface area contributed by atoms with Gasteiger partial charge in [-0.2, -0.15) is 0 Å². The Kier molecular flexibility index (Phi) is 8.47. The van der Waals surface area contributed by atoms with Crippen molar-refractivity contribution in [3.63, 3.8) is 0 Å². The minimum absolute atomic E-state index is 0.0844. The van der Waals surface area contributed by atoms with Gasteiger partial charge in [-0.3, -0.25) is 4.79 Å². The van der Waals surface area contributed by atoms with Crippen LogP contribution < -0.4 is 16.0 Å². The summed E-state index contributed by atoms with van der Waals surface area (Å²) in [7, 11) is 1.75. The van der Waals surface area contributed by atoms with E-state index in [1.54, 1.807) is 19.4 Å². The van der Waals surface area contributed by atoms with Gasteiger partial charge in [-0.15, -0.1) is 0 Å². The van der Waals surface area contributed by atoms with Gasteiger partial charge in [0.15, 0.2) is 5.96 Å². The summed E-state index contributed by atoms with van der Waals surface area (Å²) in [5, 5.41) is 9.44. The van der Waals surface area contributed by atoms with Gasteiger partial charge in [0, 0.05) is 26.8 Å². The van der Waals surface area contributed by atoms with Crippen molar-refractivity contribution in [1.29, 1.82) is 0 Å². The van der Waals surface area contributed by atoms with Crippen LogP contribution in [0.3, 0.4) is 0 Å². The number of aliphatic imine (C=N–C) groups is 1. The SMILES string of the molecule is CCNC(=NCC(=O)NCc1ccco1)NCC1(CCOC)CCCC1. The van der Waals surface area contributed by atoms with Gasteiger partial charge in [-0.05, 0) is 43.7 Å². The monoisotopic (exact) mass is 364 g/mol. The molecule has 0 atom stereocenters. The molecule has 26 heavy (non-hydrogen) atoms. The average molecular weight is 364 g/mol. The van der Waals surface area contributed by atoms with E-state index in [0.29, 0.717) is 12.5 Å². The van der Waals surface area contributed by atoms with Crippen molar-refractivity contribution in [3.8, 4) is 0 Å². The molecule has 1 heterocycles. The van der Waals surface area contributed by atoms with E-state index in [9.17, 15) is 4.79 Å². The van der Waals surface area contributed by atoms with Crippen LogP contribution in [0.2, 0.25) is 0 Å². The van der Waals surface area contributed by atoms with Gasteiger partial charge < -0.3 is 25.1 Å². The number of carbonyl (C=O) groups excluding carboxylic acids is 1. The Morgan fingerprint density at radius 1 is 1.31 bits per heavy atom. The van der Waals surface area contributed by atoms with Crippen LogP contribution in [-0.2, 0) is 16.1 Å². The van der Waals surface area contributed by atoms with Crippen molar-refractivity contribution < 1.29 is 13.9 Å². The van der Waals surface area contributed by atoms with Crippen LogP contribution in [0, 0.1) is 5.41 Å². The summed E-state index contributed by atoms with van der Waals surface area (Å²) in [5.74, 6) is 1.28. The van der Waals surface area contributed by atoms with Crippen LogP contribution in [0.25, 0.3) is 0 Å². The number of nitrogens with one attached hydrogen (secondary N) is 3. The van der Waals surface area contributed by atoms with E-state index in [0.717, 1.165) is 31.9 Å². The molecule has 1 aromatic rings. The summed E-state index contributed by atoms with van der Waals surface area (Å²) < 4.78 is 10.5. The Morgan fingerprint density at radius 2 is 2.12 bits per heavy atom. The number of carbonyl (C=O) groups is 1. The van der Waals surface area contributed by atoms with Crippen molar-refractivity contribution >= 4 is 11.9 Å². The highest BCUT2D eigenvalue weighted by atomic mass is 16.5. The smallest absolute Gasteiger partial charge is 0.242 e. The number of ether oxygens (including phenoxy) is 1. The van der Waals surface area contributed by atoms with Gasteiger partial charge >= 0.3 is 0 Å². The lowest BCUT2D eigenvalue weighted by Gasteiger charge is -2.29. The summed E-state index contributed by atoms with van der Waals surface area (Å²) in [4.78, 5) is 16.4. The number of hydrogen-bond acceptors (Lipinski definition) is 4. The lowest BCUT2D eigenvalue weighted by Crippen LogP contribution is -2.44. The quantitative estimate of drug-likeness (QED) is 0.437. The van der Waals surface area contributed by atoms with Crippen LogP contribution in [0.5, 0.6) is 0 Å². The Morgan fingerprint density at radius 3 is 2.77 bits per heavy atom. The number of methoxy groups -OCH3 is 1. The van der Waals surface area contributed by atoms with E-state index in [4.69, 9.17) is 9.15 Å². The van der Waals surface area contributed by atoms with E-state index in [1.165, 1.54) is 25.7 Å². The first-order valence-corrected chi connectivity index (χ1v) is 9.48. The second-order valence-corrected chi connectivity index (χ2v) is 6.85. The number of guanidine groups is 1. The molecule has 7 heteroatoms. The lowest BCUT2D eigenvalue weighted by atomic mass is 9.83. The topological polar surface area (TPSA) is 87.9 Å². The molecular formula is C19H32N4O3. The standard InChI is InChI=1S/C19H32N4O3/c1-3-20-18(22-14-17(24)21-13-16-7-6-11-26-16)23-15-19(10-12-25-2)8-4-5-9-19/h6-7,11H,3-5,8-10,12-15H2,1-2H3,(H,21,24)(H2,20,22,23). The van der Waals surface area contributed by atoms with Crippen molar-refractivity contribution in [1.82, 2.24) is 16.0 Å². The summed E-state index contributed by atoms with van der Waals surface area (Å²) >= 11 is 0. The third-order valence-corrected chi connectivity index (χ3v) is 4.90. The van der Waals surface area contributed by atoms with E-state index < -0.39 is 0 Å². The van der Waals surface area contributed by atoms with Gasteiger partial charge in [-0.25, -0.2) is 4.99 Å². The normalized spacial score (nSPS) is 16.5. The third kappa shape index (κ3) is 6.71. The fourth-order valence-electron chi connectivity index (χ4n) is 3.38. The van der Waals surface area contributed by atoms with E-state index >= 15 is 0 Å². The predicted octanol–water partition coefficient (Wildman–Crippen LogP) is 2.05. The second kappa shape index (κ2) is 10.9. The minimum atomic E-state index is -0.131. The molecule has 3 N–H and O–H groups in total. The predicted molar refractivity (Wildman–Crippen MR) is 102 cm³/mol. The molecule has 1 amide bonds. The van der Waals surface area contributed by atoms with Crippen molar-refractivity contribution in [2.45, 2.75) is 45.6 Å². The molecule has 0 spiro atoms. The third-order valence-electron chi connectivity index (χ3n) is 4.90. The van der Waals surface area contributed by atoms with Gasteiger partial charge in [-0.1, -0.05) is 12.8 Å². The van der Waals surface area contributed by atoms with Gasteiger partial charge in [0.1, 0.15) is 12.3 Å². The summed E-state index contributed by atoms with van der Waals surface area (Å²) in [6.07, 6.45) is 7.62. The van der Waals surface area contributed by atoms with E-state index in [1.807, 2.05) is 13.0 Å². The maximum atomic E-state index is 12.0. The molecular weight excluding hydrogens is 332 g/mol. The highest BCUT2D eigenvalue weighted by molar-refractivity contribution is 5.84. The van der Waals surface area contributed by atoms with Crippen molar-refractivity contribution in [2.75, 3.05) is 33.4 Å². The first kappa shape index (κ1) is 20.3. The average Bonchev–Trinajstić information content (AvgIpc) is 3.33. The zero-order chi connectivity index (χ0) is 18.7. The van der Waals surface area contributed by atoms with Crippen molar-refractivity contribution in [3.05, 3.63) is 24.2 Å². The molecule has 1 aliphatic carbocycles. The molecule has 1 saturated carbocycles. The highest BCUT2D eigenvalue weighted by Crippen LogP contribution is 2.40. The Bertz CT molecular complexity index is 551. The zero-order valence-corrected chi connectivity index (χ0v) is 16.0.